The van der Waals surface area contributed by atoms with Gasteiger partial charge in [-0.05, 0) is 20.3 Å². The topological polar surface area (TPSA) is 86.8 Å². The van der Waals surface area contributed by atoms with Gasteiger partial charge in [-0.2, -0.15) is 0 Å². The molecule has 3 atom stereocenters. The average Bonchev–Trinajstić information content (AvgIpc) is 2.95. The Bertz CT molecular complexity index is 472. The number of thiophene rings is 1. The zero-order valence-electron chi connectivity index (χ0n) is 10.9. The molecule has 1 aliphatic heterocycles. The third-order valence-electron chi connectivity index (χ3n) is 3.52. The average molecular weight is 286 g/mol. The molecule has 1 aromatic rings. The van der Waals surface area contributed by atoms with Gasteiger partial charge in [-0.25, -0.2) is 0 Å². The molecule has 0 saturated carbocycles. The lowest BCUT2D eigenvalue weighted by atomic mass is 10.0. The summed E-state index contributed by atoms with van der Waals surface area (Å²) in [5, 5.41) is 30.8. The second-order valence-electron chi connectivity index (χ2n) is 5.01. The van der Waals surface area contributed by atoms with E-state index in [1.807, 2.05) is 4.90 Å². The maximum atomic E-state index is 11.1. The summed E-state index contributed by atoms with van der Waals surface area (Å²) < 4.78 is 0. The van der Waals surface area contributed by atoms with Crippen molar-refractivity contribution in [2.24, 2.45) is 5.92 Å². The van der Waals surface area contributed by atoms with Gasteiger partial charge < -0.3 is 15.1 Å². The van der Waals surface area contributed by atoms with Crippen LogP contribution in [0.25, 0.3) is 0 Å². The third kappa shape index (κ3) is 2.88. The summed E-state index contributed by atoms with van der Waals surface area (Å²) in [6, 6.07) is 1.44. The van der Waals surface area contributed by atoms with Crippen LogP contribution in [0.3, 0.4) is 0 Å². The summed E-state index contributed by atoms with van der Waals surface area (Å²) in [5.41, 5.74) is 0.0483. The smallest absolute Gasteiger partial charge is 0.304 e. The summed E-state index contributed by atoms with van der Waals surface area (Å²) in [7, 11) is 0. The van der Waals surface area contributed by atoms with Crippen LogP contribution < -0.4 is 4.90 Å². The van der Waals surface area contributed by atoms with Gasteiger partial charge in [-0.15, -0.1) is 11.3 Å². The van der Waals surface area contributed by atoms with Crippen molar-refractivity contribution in [2.45, 2.75) is 32.5 Å². The Morgan fingerprint density at radius 2 is 2.21 bits per heavy atom. The van der Waals surface area contributed by atoms with Crippen molar-refractivity contribution in [3.8, 4) is 0 Å². The number of nitro groups is 1. The van der Waals surface area contributed by atoms with Gasteiger partial charge in [0.05, 0.1) is 17.1 Å². The predicted octanol–water partition coefficient (Wildman–Crippen LogP) is 1.92. The third-order valence-corrected chi connectivity index (χ3v) is 4.87. The minimum atomic E-state index is -0.701. The van der Waals surface area contributed by atoms with Gasteiger partial charge >= 0.3 is 5.69 Å². The Morgan fingerprint density at radius 3 is 2.68 bits per heavy atom. The van der Waals surface area contributed by atoms with Crippen molar-refractivity contribution < 1.29 is 15.1 Å². The second-order valence-corrected chi connectivity index (χ2v) is 6.07. The van der Waals surface area contributed by atoms with E-state index in [0.717, 1.165) is 6.42 Å². The SMILES string of the molecule is CC(O)C1CCN(c2sc([C@@H](C)O)cc2[N+](=O)[O-])C1. The molecule has 19 heavy (non-hydrogen) atoms. The Morgan fingerprint density at radius 1 is 1.53 bits per heavy atom. The number of aliphatic hydroxyl groups excluding tert-OH is 2. The van der Waals surface area contributed by atoms with Gasteiger partial charge in [0.25, 0.3) is 0 Å². The van der Waals surface area contributed by atoms with E-state index in [9.17, 15) is 20.3 Å². The highest BCUT2D eigenvalue weighted by Crippen LogP contribution is 2.42. The molecular formula is C12H18N2O4S. The van der Waals surface area contributed by atoms with Gasteiger partial charge in [-0.3, -0.25) is 10.1 Å². The maximum Gasteiger partial charge on any atom is 0.304 e. The quantitative estimate of drug-likeness (QED) is 0.652. The fraction of sp³-hybridized carbons (Fsp3) is 0.667. The lowest BCUT2D eigenvalue weighted by Gasteiger charge is -2.17. The van der Waals surface area contributed by atoms with Gasteiger partial charge in [0, 0.05) is 30.0 Å². The first-order valence-corrected chi connectivity index (χ1v) is 7.11. The zero-order chi connectivity index (χ0) is 14.2. The van der Waals surface area contributed by atoms with E-state index < -0.39 is 17.1 Å². The van der Waals surface area contributed by atoms with Crippen LogP contribution in [0.1, 0.15) is 31.2 Å². The fourth-order valence-electron chi connectivity index (χ4n) is 2.32. The molecule has 7 heteroatoms. The number of hydrogen-bond donors (Lipinski definition) is 2. The van der Waals surface area contributed by atoms with Crippen molar-refractivity contribution in [2.75, 3.05) is 18.0 Å². The highest BCUT2D eigenvalue weighted by molar-refractivity contribution is 7.16. The normalized spacial score (nSPS) is 22.5. The van der Waals surface area contributed by atoms with E-state index >= 15 is 0 Å². The van der Waals surface area contributed by atoms with Crippen molar-refractivity contribution in [3.05, 3.63) is 21.1 Å². The van der Waals surface area contributed by atoms with Crippen LogP contribution in [0.5, 0.6) is 0 Å². The van der Waals surface area contributed by atoms with E-state index in [4.69, 9.17) is 0 Å². The first-order valence-electron chi connectivity index (χ1n) is 6.29. The van der Waals surface area contributed by atoms with Gasteiger partial charge in [0.15, 0.2) is 5.00 Å². The molecule has 0 aromatic carbocycles. The minimum Gasteiger partial charge on any atom is -0.393 e. The van der Waals surface area contributed by atoms with Crippen molar-refractivity contribution >= 4 is 22.0 Å². The van der Waals surface area contributed by atoms with Gasteiger partial charge in [0.1, 0.15) is 0 Å². The van der Waals surface area contributed by atoms with Crippen LogP contribution in [-0.2, 0) is 0 Å². The maximum absolute atomic E-state index is 11.1. The Balaban J connectivity index is 2.26. The number of aliphatic hydroxyl groups is 2. The number of nitrogens with zero attached hydrogens (tertiary/aromatic N) is 2. The van der Waals surface area contributed by atoms with Crippen LogP contribution in [0.15, 0.2) is 6.07 Å². The highest BCUT2D eigenvalue weighted by atomic mass is 32.1. The van der Waals surface area contributed by atoms with Crippen molar-refractivity contribution in [1.82, 2.24) is 0 Å². The molecule has 1 aliphatic rings. The highest BCUT2D eigenvalue weighted by Gasteiger charge is 2.32. The van der Waals surface area contributed by atoms with Crippen LogP contribution in [0.4, 0.5) is 10.7 Å². The summed E-state index contributed by atoms with van der Waals surface area (Å²) >= 11 is 1.26. The van der Waals surface area contributed by atoms with Crippen molar-refractivity contribution in [1.29, 1.82) is 0 Å². The Labute approximate surface area is 115 Å². The molecule has 0 amide bonds. The predicted molar refractivity (Wildman–Crippen MR) is 73.6 cm³/mol. The molecule has 2 N–H and O–H groups in total. The molecule has 1 aromatic heterocycles. The molecule has 0 aliphatic carbocycles. The molecule has 1 fully saturated rings. The molecular weight excluding hydrogens is 268 g/mol. The summed E-state index contributed by atoms with van der Waals surface area (Å²) in [6.45, 7) is 4.68. The minimum absolute atomic E-state index is 0.0483. The van der Waals surface area contributed by atoms with Crippen molar-refractivity contribution in [3.63, 3.8) is 0 Å². The van der Waals surface area contributed by atoms with E-state index in [1.54, 1.807) is 13.8 Å². The zero-order valence-corrected chi connectivity index (χ0v) is 11.8. The first-order chi connectivity index (χ1) is 8.90. The van der Waals surface area contributed by atoms with E-state index in [-0.39, 0.29) is 11.6 Å². The summed E-state index contributed by atoms with van der Waals surface area (Å²) in [4.78, 5) is 13.2. The van der Waals surface area contributed by atoms with Gasteiger partial charge in [-0.1, -0.05) is 0 Å². The molecule has 0 radical (unpaired) electrons. The van der Waals surface area contributed by atoms with Crippen LogP contribution >= 0.6 is 11.3 Å². The Kier molecular flexibility index (Phi) is 4.07. The number of rotatable bonds is 4. The van der Waals surface area contributed by atoms with E-state index in [2.05, 4.69) is 0 Å². The lowest BCUT2D eigenvalue weighted by molar-refractivity contribution is -0.383. The molecule has 0 bridgehead atoms. The largest absolute Gasteiger partial charge is 0.393 e. The van der Waals surface area contributed by atoms with Gasteiger partial charge in [0.2, 0.25) is 0 Å². The van der Waals surface area contributed by atoms with E-state index in [1.165, 1.54) is 17.4 Å². The lowest BCUT2D eigenvalue weighted by Crippen LogP contribution is -2.23. The summed E-state index contributed by atoms with van der Waals surface area (Å²) in [6.07, 6.45) is -0.274. The molecule has 106 valence electrons. The van der Waals surface area contributed by atoms with Crippen LogP contribution in [-0.4, -0.2) is 34.3 Å². The molecule has 0 spiro atoms. The molecule has 2 heterocycles. The molecule has 6 nitrogen and oxygen atoms in total. The molecule has 2 rings (SSSR count). The molecule has 2 unspecified atom stereocenters. The van der Waals surface area contributed by atoms with Crippen LogP contribution in [0, 0.1) is 16.0 Å². The number of hydrogen-bond acceptors (Lipinski definition) is 6. The fourth-order valence-corrected chi connectivity index (χ4v) is 3.42. The standard InChI is InChI=1S/C12H18N2O4S/c1-7(15)9-3-4-13(6-9)12-10(14(17)18)5-11(19-12)8(2)16/h5,7-9,15-16H,3-4,6H2,1-2H3/t7?,8-,9?/m1/s1. The number of anilines is 1. The first kappa shape index (κ1) is 14.2. The second kappa shape index (κ2) is 5.44. The summed E-state index contributed by atoms with van der Waals surface area (Å²) in [5.74, 6) is 0.150. The van der Waals surface area contributed by atoms with E-state index in [0.29, 0.717) is 23.0 Å². The Hall–Kier alpha value is -1.18. The molecule has 1 saturated heterocycles. The van der Waals surface area contributed by atoms with Crippen LogP contribution in [0.2, 0.25) is 0 Å². The monoisotopic (exact) mass is 286 g/mol.